The third-order valence-corrected chi connectivity index (χ3v) is 8.79. The first kappa shape index (κ1) is 27.1. The Hall–Kier alpha value is -1.94. The lowest BCUT2D eigenvalue weighted by atomic mass is 9.99. The predicted octanol–water partition coefficient (Wildman–Crippen LogP) is 4.95. The van der Waals surface area contributed by atoms with Crippen LogP contribution in [0.2, 0.25) is 25.7 Å². The van der Waals surface area contributed by atoms with E-state index in [0.717, 1.165) is 75.8 Å². The normalized spacial score (nSPS) is 21.4. The molecule has 1 aliphatic carbocycles. The number of carbonyl (C=O) groups excluding carboxylic acids is 1. The average molecular weight is 517 g/mol. The molecule has 1 saturated carbocycles. The van der Waals surface area contributed by atoms with Gasteiger partial charge in [-0.05, 0) is 62.8 Å². The number of aromatic nitrogens is 2. The van der Waals surface area contributed by atoms with Crippen molar-refractivity contribution in [3.8, 4) is 0 Å². The van der Waals surface area contributed by atoms with Gasteiger partial charge >= 0.3 is 6.09 Å². The number of fused-ring (bicyclic) bond motifs is 1. The van der Waals surface area contributed by atoms with Crippen molar-refractivity contribution >= 4 is 25.2 Å². The zero-order chi connectivity index (χ0) is 25.7. The van der Waals surface area contributed by atoms with Crippen LogP contribution in [-0.2, 0) is 27.5 Å². The molecule has 2 unspecified atom stereocenters. The first-order valence-corrected chi connectivity index (χ1v) is 17.2. The van der Waals surface area contributed by atoms with E-state index >= 15 is 0 Å². The summed E-state index contributed by atoms with van der Waals surface area (Å²) in [6, 6.07) is 5.80. The molecule has 0 radical (unpaired) electrons. The monoisotopic (exact) mass is 516 g/mol. The largest absolute Gasteiger partial charge is 0.446 e. The molecule has 2 aliphatic rings. The van der Waals surface area contributed by atoms with E-state index in [9.17, 15) is 4.79 Å². The molecule has 2 fully saturated rings. The van der Waals surface area contributed by atoms with Gasteiger partial charge in [-0.3, -0.25) is 4.90 Å². The summed E-state index contributed by atoms with van der Waals surface area (Å²) in [6.07, 6.45) is 4.41. The fourth-order valence-electron chi connectivity index (χ4n) is 5.01. The summed E-state index contributed by atoms with van der Waals surface area (Å²) < 4.78 is 19.6. The zero-order valence-corrected chi connectivity index (χ0v) is 23.7. The predicted molar refractivity (Wildman–Crippen MR) is 145 cm³/mol. The van der Waals surface area contributed by atoms with Gasteiger partial charge in [0.05, 0.1) is 13.2 Å². The van der Waals surface area contributed by atoms with Crippen LogP contribution in [0.15, 0.2) is 18.3 Å². The molecular formula is C27H44N4O4Si. The second-order valence-electron chi connectivity index (χ2n) is 11.8. The standard InChI is InChI=1S/C27H44N4O4Si/c1-20(2)29-27(32)35-25-7-6-21(16-25)23-14-22-15-24(18-30-8-10-33-11-9-30)31(26(22)28-17-23)19-34-12-13-36(3,4)5/h14-15,17,20-21,25H,6-13,16,18-19H2,1-5H3,(H,29,32). The maximum atomic E-state index is 12.0. The molecule has 36 heavy (non-hydrogen) atoms. The Morgan fingerprint density at radius 1 is 1.22 bits per heavy atom. The quantitative estimate of drug-likeness (QED) is 0.356. The van der Waals surface area contributed by atoms with Gasteiger partial charge in [-0.15, -0.1) is 0 Å². The van der Waals surface area contributed by atoms with Crippen molar-refractivity contribution in [2.75, 3.05) is 32.9 Å². The van der Waals surface area contributed by atoms with Crippen molar-refractivity contribution in [2.24, 2.45) is 0 Å². The number of ether oxygens (including phenoxy) is 3. The van der Waals surface area contributed by atoms with E-state index in [-0.39, 0.29) is 18.2 Å². The lowest BCUT2D eigenvalue weighted by Crippen LogP contribution is -2.36. The zero-order valence-electron chi connectivity index (χ0n) is 22.7. The van der Waals surface area contributed by atoms with E-state index in [2.05, 4.69) is 46.6 Å². The Morgan fingerprint density at radius 3 is 2.72 bits per heavy atom. The number of amides is 1. The van der Waals surface area contributed by atoms with E-state index < -0.39 is 8.07 Å². The maximum absolute atomic E-state index is 12.0. The molecule has 0 aromatic carbocycles. The summed E-state index contributed by atoms with van der Waals surface area (Å²) in [6.45, 7) is 16.7. The number of hydrogen-bond acceptors (Lipinski definition) is 6. The molecule has 1 saturated heterocycles. The van der Waals surface area contributed by atoms with Crippen LogP contribution in [0.1, 0.15) is 50.3 Å². The van der Waals surface area contributed by atoms with Gasteiger partial charge in [0, 0.05) is 57.6 Å². The van der Waals surface area contributed by atoms with Gasteiger partial charge in [-0.1, -0.05) is 19.6 Å². The molecule has 2 atom stereocenters. The van der Waals surface area contributed by atoms with Crippen LogP contribution in [-0.4, -0.2) is 73.7 Å². The van der Waals surface area contributed by atoms with Crippen LogP contribution >= 0.6 is 0 Å². The summed E-state index contributed by atoms with van der Waals surface area (Å²) in [5.41, 5.74) is 3.45. The fraction of sp³-hybridized carbons (Fsp3) is 0.704. The molecule has 8 nitrogen and oxygen atoms in total. The molecule has 2 aromatic heterocycles. The van der Waals surface area contributed by atoms with Crippen molar-refractivity contribution < 1.29 is 19.0 Å². The van der Waals surface area contributed by atoms with Gasteiger partial charge in [-0.25, -0.2) is 9.78 Å². The van der Waals surface area contributed by atoms with Gasteiger partial charge in [-0.2, -0.15) is 0 Å². The Bertz CT molecular complexity index is 1010. The molecule has 9 heteroatoms. The SMILES string of the molecule is CC(C)NC(=O)OC1CCC(c2cnc3c(c2)cc(CN2CCOCC2)n3COCC[Si](C)(C)C)C1. The molecule has 3 heterocycles. The Morgan fingerprint density at radius 2 is 2.00 bits per heavy atom. The lowest BCUT2D eigenvalue weighted by Gasteiger charge is -2.27. The van der Waals surface area contributed by atoms with Crippen molar-refractivity contribution in [3.05, 3.63) is 29.6 Å². The number of alkyl carbamates (subject to hydrolysis) is 1. The van der Waals surface area contributed by atoms with Crippen molar-refractivity contribution in [1.29, 1.82) is 0 Å². The topological polar surface area (TPSA) is 77.9 Å². The van der Waals surface area contributed by atoms with Gasteiger partial charge < -0.3 is 24.1 Å². The van der Waals surface area contributed by atoms with Crippen LogP contribution in [0, 0.1) is 0 Å². The van der Waals surface area contributed by atoms with Crippen LogP contribution in [0.4, 0.5) is 4.79 Å². The second kappa shape index (κ2) is 12.1. The van der Waals surface area contributed by atoms with Gasteiger partial charge in [0.25, 0.3) is 0 Å². The molecular weight excluding hydrogens is 472 g/mol. The third kappa shape index (κ3) is 7.54. The van der Waals surface area contributed by atoms with Crippen molar-refractivity contribution in [3.63, 3.8) is 0 Å². The highest BCUT2D eigenvalue weighted by Gasteiger charge is 2.29. The van der Waals surface area contributed by atoms with E-state index in [1.807, 2.05) is 20.0 Å². The van der Waals surface area contributed by atoms with Crippen LogP contribution < -0.4 is 5.32 Å². The molecule has 1 aliphatic heterocycles. The van der Waals surface area contributed by atoms with Crippen LogP contribution in [0.25, 0.3) is 11.0 Å². The smallest absolute Gasteiger partial charge is 0.407 e. The number of hydrogen-bond donors (Lipinski definition) is 1. The summed E-state index contributed by atoms with van der Waals surface area (Å²) in [4.78, 5) is 19.4. The third-order valence-electron chi connectivity index (χ3n) is 7.08. The molecule has 1 N–H and O–H groups in total. The number of morpholine rings is 1. The second-order valence-corrected chi connectivity index (χ2v) is 17.4. The van der Waals surface area contributed by atoms with E-state index in [4.69, 9.17) is 19.2 Å². The summed E-state index contributed by atoms with van der Waals surface area (Å²) in [5.74, 6) is 0.359. The molecule has 4 rings (SSSR count). The molecule has 0 bridgehead atoms. The molecule has 2 aromatic rings. The molecule has 200 valence electrons. The number of nitrogens with one attached hydrogen (secondary N) is 1. The van der Waals surface area contributed by atoms with E-state index in [1.165, 1.54) is 11.3 Å². The lowest BCUT2D eigenvalue weighted by molar-refractivity contribution is 0.0312. The summed E-state index contributed by atoms with van der Waals surface area (Å²) >= 11 is 0. The first-order valence-electron chi connectivity index (χ1n) is 13.5. The van der Waals surface area contributed by atoms with Crippen LogP contribution in [0.5, 0.6) is 0 Å². The van der Waals surface area contributed by atoms with Gasteiger partial charge in [0.1, 0.15) is 18.5 Å². The van der Waals surface area contributed by atoms with E-state index in [1.54, 1.807) is 0 Å². The summed E-state index contributed by atoms with van der Waals surface area (Å²) in [7, 11) is -1.14. The number of nitrogens with zero attached hydrogens (tertiary/aromatic N) is 3. The molecule has 0 spiro atoms. The van der Waals surface area contributed by atoms with Crippen molar-refractivity contribution in [1.82, 2.24) is 19.8 Å². The maximum Gasteiger partial charge on any atom is 0.407 e. The highest BCUT2D eigenvalue weighted by Crippen LogP contribution is 2.37. The minimum Gasteiger partial charge on any atom is -0.446 e. The Balaban J connectivity index is 1.47. The Labute approximate surface area is 216 Å². The van der Waals surface area contributed by atoms with E-state index in [0.29, 0.717) is 12.6 Å². The molecule has 1 amide bonds. The Kier molecular flexibility index (Phi) is 9.08. The highest BCUT2D eigenvalue weighted by molar-refractivity contribution is 6.76. The van der Waals surface area contributed by atoms with Gasteiger partial charge in [0.2, 0.25) is 0 Å². The minimum absolute atomic E-state index is 0.0364. The van der Waals surface area contributed by atoms with Crippen molar-refractivity contribution in [2.45, 2.75) is 90.1 Å². The average Bonchev–Trinajstić information content (AvgIpc) is 3.40. The number of carbonyl (C=O) groups is 1. The number of pyridine rings is 1. The van der Waals surface area contributed by atoms with Gasteiger partial charge in [0.15, 0.2) is 0 Å². The number of rotatable bonds is 10. The highest BCUT2D eigenvalue weighted by atomic mass is 28.3. The summed E-state index contributed by atoms with van der Waals surface area (Å²) in [5, 5.41) is 3.98. The fourth-order valence-corrected chi connectivity index (χ4v) is 5.77. The first-order chi connectivity index (χ1) is 17.2. The minimum atomic E-state index is -1.14. The van der Waals surface area contributed by atoms with Crippen LogP contribution in [0.3, 0.4) is 0 Å².